The third-order valence-corrected chi connectivity index (χ3v) is 4.27. The Morgan fingerprint density at radius 1 is 1.15 bits per heavy atom. The number of nitrogens with one attached hydrogen (secondary N) is 1. The maximum Gasteiger partial charge on any atom is 0.261 e. The predicted molar refractivity (Wildman–Crippen MR) is 96.6 cm³/mol. The molecule has 3 aromatic rings. The molecule has 0 saturated carbocycles. The molecule has 134 valence electrons. The summed E-state index contributed by atoms with van der Waals surface area (Å²) in [6, 6.07) is 10.6. The number of aryl methyl sites for hydroxylation is 1. The summed E-state index contributed by atoms with van der Waals surface area (Å²) >= 11 is 6.00. The van der Waals surface area contributed by atoms with Crippen LogP contribution in [0.25, 0.3) is 0 Å². The van der Waals surface area contributed by atoms with Gasteiger partial charge in [0.05, 0.1) is 23.6 Å². The van der Waals surface area contributed by atoms with Gasteiger partial charge in [0.2, 0.25) is 0 Å². The van der Waals surface area contributed by atoms with Gasteiger partial charge in [-0.05, 0) is 43.7 Å². The molecule has 1 amide bonds. The minimum atomic E-state index is -0.913. The molecule has 1 aromatic heterocycles. The Balaban J connectivity index is 1.87. The van der Waals surface area contributed by atoms with Gasteiger partial charge < -0.3 is 5.32 Å². The first-order chi connectivity index (χ1) is 12.4. The lowest BCUT2D eigenvalue weighted by molar-refractivity contribution is 0.101. The smallest absolute Gasteiger partial charge is 0.261 e. The van der Waals surface area contributed by atoms with E-state index >= 15 is 0 Å². The van der Waals surface area contributed by atoms with E-state index < -0.39 is 23.1 Å². The molecule has 1 heterocycles. The van der Waals surface area contributed by atoms with Gasteiger partial charge in [0.15, 0.2) is 0 Å². The van der Waals surface area contributed by atoms with Crippen LogP contribution in [0.5, 0.6) is 0 Å². The maximum atomic E-state index is 13.8. The molecule has 0 fully saturated rings. The molecule has 1 N–H and O–H groups in total. The van der Waals surface area contributed by atoms with Gasteiger partial charge in [-0.3, -0.25) is 9.48 Å². The van der Waals surface area contributed by atoms with Crippen LogP contribution in [-0.4, -0.2) is 15.7 Å². The van der Waals surface area contributed by atoms with Crippen molar-refractivity contribution in [1.29, 1.82) is 0 Å². The summed E-state index contributed by atoms with van der Waals surface area (Å²) in [5.74, 6) is -2.68. The van der Waals surface area contributed by atoms with E-state index in [9.17, 15) is 13.6 Å². The van der Waals surface area contributed by atoms with E-state index in [-0.39, 0.29) is 0 Å². The van der Waals surface area contributed by atoms with Gasteiger partial charge >= 0.3 is 0 Å². The Morgan fingerprint density at radius 2 is 1.81 bits per heavy atom. The Hall–Kier alpha value is -2.73. The molecule has 7 heteroatoms. The molecule has 2 aromatic carbocycles. The first-order valence-electron chi connectivity index (χ1n) is 7.90. The van der Waals surface area contributed by atoms with Crippen molar-refractivity contribution >= 4 is 23.2 Å². The molecule has 0 unspecified atom stereocenters. The highest BCUT2D eigenvalue weighted by Gasteiger charge is 2.20. The lowest BCUT2D eigenvalue weighted by Gasteiger charge is -2.09. The zero-order chi connectivity index (χ0) is 18.8. The van der Waals surface area contributed by atoms with Crippen LogP contribution in [0.4, 0.5) is 14.5 Å². The van der Waals surface area contributed by atoms with Gasteiger partial charge in [-0.1, -0.05) is 29.8 Å². The number of aromatic nitrogens is 2. The van der Waals surface area contributed by atoms with E-state index in [1.807, 2.05) is 18.2 Å². The van der Waals surface area contributed by atoms with Gasteiger partial charge in [0.1, 0.15) is 17.2 Å². The number of carbonyl (C=O) groups is 1. The van der Waals surface area contributed by atoms with Gasteiger partial charge in [-0.25, -0.2) is 8.78 Å². The molecule has 0 radical (unpaired) electrons. The average molecular weight is 376 g/mol. The van der Waals surface area contributed by atoms with Crippen LogP contribution >= 0.6 is 11.6 Å². The van der Waals surface area contributed by atoms with E-state index in [2.05, 4.69) is 10.4 Å². The lowest BCUT2D eigenvalue weighted by atomic mass is 10.1. The van der Waals surface area contributed by atoms with E-state index in [4.69, 9.17) is 11.6 Å². The highest BCUT2D eigenvalue weighted by atomic mass is 35.5. The molecule has 0 bridgehead atoms. The Kier molecular flexibility index (Phi) is 5.04. The van der Waals surface area contributed by atoms with Gasteiger partial charge in [-0.15, -0.1) is 0 Å². The predicted octanol–water partition coefficient (Wildman–Crippen LogP) is 4.73. The second-order valence-electron chi connectivity index (χ2n) is 5.88. The second kappa shape index (κ2) is 7.25. The Bertz CT molecular complexity index is 965. The van der Waals surface area contributed by atoms with Crippen LogP contribution in [0.2, 0.25) is 5.02 Å². The molecule has 0 saturated heterocycles. The molecule has 26 heavy (non-hydrogen) atoms. The van der Waals surface area contributed by atoms with Crippen molar-refractivity contribution in [1.82, 2.24) is 9.78 Å². The number of carbonyl (C=O) groups excluding carboxylic acids is 1. The van der Waals surface area contributed by atoms with Crippen LogP contribution in [0, 0.1) is 25.5 Å². The number of rotatable bonds is 4. The zero-order valence-electron chi connectivity index (χ0n) is 14.2. The monoisotopic (exact) mass is 375 g/mol. The average Bonchev–Trinajstić information content (AvgIpc) is 2.82. The molecular weight excluding hydrogens is 360 g/mol. The topological polar surface area (TPSA) is 46.9 Å². The third-order valence-electron chi connectivity index (χ3n) is 4.03. The number of amides is 1. The highest BCUT2D eigenvalue weighted by Crippen LogP contribution is 2.23. The third kappa shape index (κ3) is 3.60. The van der Waals surface area contributed by atoms with Crippen molar-refractivity contribution in [2.45, 2.75) is 20.4 Å². The minimum absolute atomic E-state index is 0.430. The van der Waals surface area contributed by atoms with E-state index in [1.54, 1.807) is 24.6 Å². The Labute approximate surface area is 154 Å². The summed E-state index contributed by atoms with van der Waals surface area (Å²) in [4.78, 5) is 12.3. The van der Waals surface area contributed by atoms with E-state index in [1.165, 1.54) is 6.07 Å². The summed E-state index contributed by atoms with van der Waals surface area (Å²) in [6.07, 6.45) is 0. The first-order valence-corrected chi connectivity index (χ1v) is 8.28. The maximum absolute atomic E-state index is 13.8. The Morgan fingerprint density at radius 3 is 2.46 bits per heavy atom. The van der Waals surface area contributed by atoms with Crippen LogP contribution in [0.3, 0.4) is 0 Å². The number of anilines is 1. The van der Waals surface area contributed by atoms with Gasteiger partial charge in [0.25, 0.3) is 5.91 Å². The molecule has 0 aliphatic carbocycles. The normalized spacial score (nSPS) is 10.8. The summed E-state index contributed by atoms with van der Waals surface area (Å²) in [6.45, 7) is 3.95. The fraction of sp³-hybridized carbons (Fsp3) is 0.158. The van der Waals surface area contributed by atoms with Crippen molar-refractivity contribution in [2.24, 2.45) is 0 Å². The fourth-order valence-electron chi connectivity index (χ4n) is 2.73. The van der Waals surface area contributed by atoms with Gasteiger partial charge in [-0.2, -0.15) is 5.10 Å². The molecule has 0 aliphatic rings. The summed E-state index contributed by atoms with van der Waals surface area (Å²) in [5, 5.41) is 7.58. The summed E-state index contributed by atoms with van der Waals surface area (Å²) in [5.41, 5.74) is 1.98. The van der Waals surface area contributed by atoms with Gasteiger partial charge in [0, 0.05) is 5.02 Å². The standard InChI is InChI=1S/C19H16ClF2N3O/c1-11-18(23-19(26)17-15(21)7-4-8-16(17)22)12(2)25(24-11)10-13-5-3-6-14(20)9-13/h3-9H,10H2,1-2H3,(H,23,26). The van der Waals surface area contributed by atoms with Crippen LogP contribution < -0.4 is 5.32 Å². The van der Waals surface area contributed by atoms with Crippen molar-refractivity contribution < 1.29 is 13.6 Å². The number of hydrogen-bond donors (Lipinski definition) is 1. The molecule has 0 atom stereocenters. The largest absolute Gasteiger partial charge is 0.319 e. The first kappa shape index (κ1) is 18.1. The van der Waals surface area contributed by atoms with Crippen molar-refractivity contribution in [3.05, 3.63) is 81.6 Å². The SMILES string of the molecule is Cc1nn(Cc2cccc(Cl)c2)c(C)c1NC(=O)c1c(F)cccc1F. The number of benzene rings is 2. The molecule has 4 nitrogen and oxygen atoms in total. The molecular formula is C19H16ClF2N3O. The van der Waals surface area contributed by atoms with E-state index in [0.29, 0.717) is 28.6 Å². The van der Waals surface area contributed by atoms with Crippen molar-refractivity contribution in [3.8, 4) is 0 Å². The minimum Gasteiger partial charge on any atom is -0.319 e. The second-order valence-corrected chi connectivity index (χ2v) is 6.32. The van der Waals surface area contributed by atoms with E-state index in [0.717, 1.165) is 17.7 Å². The summed E-state index contributed by atoms with van der Waals surface area (Å²) < 4.78 is 29.3. The number of nitrogens with zero attached hydrogens (tertiary/aromatic N) is 2. The fourth-order valence-corrected chi connectivity index (χ4v) is 2.94. The lowest BCUT2D eigenvalue weighted by Crippen LogP contribution is -2.17. The zero-order valence-corrected chi connectivity index (χ0v) is 14.9. The van der Waals surface area contributed by atoms with Crippen LogP contribution in [-0.2, 0) is 6.54 Å². The van der Waals surface area contributed by atoms with Crippen molar-refractivity contribution in [3.63, 3.8) is 0 Å². The number of halogens is 3. The number of hydrogen-bond acceptors (Lipinski definition) is 2. The quantitative estimate of drug-likeness (QED) is 0.716. The highest BCUT2D eigenvalue weighted by molar-refractivity contribution is 6.30. The van der Waals surface area contributed by atoms with Crippen LogP contribution in [0.15, 0.2) is 42.5 Å². The van der Waals surface area contributed by atoms with Crippen LogP contribution in [0.1, 0.15) is 27.3 Å². The molecule has 0 spiro atoms. The van der Waals surface area contributed by atoms with Crippen molar-refractivity contribution in [2.75, 3.05) is 5.32 Å². The molecule has 0 aliphatic heterocycles. The molecule has 3 rings (SSSR count). The summed E-state index contributed by atoms with van der Waals surface area (Å²) in [7, 11) is 0.